The normalized spacial score (nSPS) is 12.4. The molecule has 0 bridgehead atoms. The summed E-state index contributed by atoms with van der Waals surface area (Å²) in [6.07, 6.45) is 17.8. The number of carbonyl (C=O) groups excluding carboxylic acids is 1. The number of esters is 1. The highest BCUT2D eigenvalue weighted by molar-refractivity contribution is 5.69. The number of rotatable bonds is 24. The van der Waals surface area contributed by atoms with E-state index in [1.165, 1.54) is 64.2 Å². The second-order valence-electron chi connectivity index (χ2n) is 8.92. The molecular formula is C26H52O5. The number of carbonyl (C=O) groups is 1. The SMILES string of the molecule is CCCCCCCCOC(CCCCC(=O)OCC(C)CO)OCCCCCCCC. The molecule has 0 aromatic heterocycles. The maximum atomic E-state index is 11.8. The van der Waals surface area contributed by atoms with Crippen molar-refractivity contribution in [1.29, 1.82) is 0 Å². The van der Waals surface area contributed by atoms with Gasteiger partial charge in [0.15, 0.2) is 6.29 Å². The van der Waals surface area contributed by atoms with E-state index in [9.17, 15) is 4.79 Å². The number of unbranched alkanes of at least 4 members (excludes halogenated alkanes) is 11. The topological polar surface area (TPSA) is 65.0 Å². The summed E-state index contributed by atoms with van der Waals surface area (Å²) in [5.41, 5.74) is 0. The molecule has 0 spiro atoms. The first-order chi connectivity index (χ1) is 15.1. The lowest BCUT2D eigenvalue weighted by atomic mass is 10.1. The van der Waals surface area contributed by atoms with E-state index in [-0.39, 0.29) is 24.8 Å². The second-order valence-corrected chi connectivity index (χ2v) is 8.92. The molecule has 1 atom stereocenters. The van der Waals surface area contributed by atoms with Gasteiger partial charge < -0.3 is 19.3 Å². The van der Waals surface area contributed by atoms with Crippen LogP contribution in [0.3, 0.4) is 0 Å². The fourth-order valence-electron chi connectivity index (χ4n) is 3.35. The highest BCUT2D eigenvalue weighted by Gasteiger charge is 2.11. The van der Waals surface area contributed by atoms with Crippen molar-refractivity contribution in [2.24, 2.45) is 5.92 Å². The summed E-state index contributed by atoms with van der Waals surface area (Å²) >= 11 is 0. The number of hydrogen-bond acceptors (Lipinski definition) is 5. The number of hydrogen-bond donors (Lipinski definition) is 1. The summed E-state index contributed by atoms with van der Waals surface area (Å²) < 4.78 is 17.2. The molecule has 0 aliphatic carbocycles. The molecule has 0 saturated carbocycles. The van der Waals surface area contributed by atoms with Crippen LogP contribution in [-0.4, -0.2) is 43.8 Å². The molecule has 0 saturated heterocycles. The van der Waals surface area contributed by atoms with E-state index in [1.807, 2.05) is 6.92 Å². The van der Waals surface area contributed by atoms with Gasteiger partial charge in [0, 0.05) is 32.2 Å². The van der Waals surface area contributed by atoms with E-state index >= 15 is 0 Å². The molecule has 0 fully saturated rings. The van der Waals surface area contributed by atoms with Crippen LogP contribution in [0.5, 0.6) is 0 Å². The third kappa shape index (κ3) is 22.3. The van der Waals surface area contributed by atoms with Gasteiger partial charge in [0.2, 0.25) is 0 Å². The van der Waals surface area contributed by atoms with Crippen LogP contribution in [0.4, 0.5) is 0 Å². The first-order valence-corrected chi connectivity index (χ1v) is 13.1. The number of aliphatic hydroxyl groups excluding tert-OH is 1. The fraction of sp³-hybridized carbons (Fsp3) is 0.962. The van der Waals surface area contributed by atoms with Crippen molar-refractivity contribution in [2.45, 2.75) is 130 Å². The monoisotopic (exact) mass is 444 g/mol. The molecule has 0 heterocycles. The molecule has 0 aliphatic rings. The average molecular weight is 445 g/mol. The average Bonchev–Trinajstić information content (AvgIpc) is 2.78. The van der Waals surface area contributed by atoms with E-state index in [0.29, 0.717) is 13.0 Å². The Morgan fingerprint density at radius 3 is 1.77 bits per heavy atom. The summed E-state index contributed by atoms with van der Waals surface area (Å²) in [4.78, 5) is 11.8. The molecule has 186 valence electrons. The van der Waals surface area contributed by atoms with Crippen molar-refractivity contribution >= 4 is 5.97 Å². The van der Waals surface area contributed by atoms with Crippen molar-refractivity contribution in [2.75, 3.05) is 26.4 Å². The second kappa shape index (κ2) is 24.0. The molecule has 5 nitrogen and oxygen atoms in total. The highest BCUT2D eigenvalue weighted by atomic mass is 16.7. The molecule has 1 unspecified atom stereocenters. The standard InChI is InChI=1S/C26H52O5/c1-4-6-8-10-12-16-20-29-26(30-21-17-13-11-9-7-5-2)19-15-14-18-25(28)31-23-24(3)22-27/h24,26-27H,4-23H2,1-3H3. The zero-order chi connectivity index (χ0) is 23.0. The summed E-state index contributed by atoms with van der Waals surface area (Å²) in [5, 5.41) is 8.99. The Labute approximate surface area is 192 Å². The molecule has 5 heteroatoms. The third-order valence-corrected chi connectivity index (χ3v) is 5.51. The maximum absolute atomic E-state index is 11.8. The van der Waals surface area contributed by atoms with Gasteiger partial charge in [-0.1, -0.05) is 85.0 Å². The largest absolute Gasteiger partial charge is 0.465 e. The van der Waals surface area contributed by atoms with Crippen LogP contribution < -0.4 is 0 Å². The van der Waals surface area contributed by atoms with E-state index in [4.69, 9.17) is 19.3 Å². The molecule has 0 aromatic rings. The van der Waals surface area contributed by atoms with Gasteiger partial charge in [0.25, 0.3) is 0 Å². The van der Waals surface area contributed by atoms with Crippen LogP contribution in [0, 0.1) is 5.92 Å². The zero-order valence-electron chi connectivity index (χ0n) is 20.9. The molecule has 0 amide bonds. The Kier molecular flexibility index (Phi) is 23.5. The van der Waals surface area contributed by atoms with Crippen LogP contribution in [0.15, 0.2) is 0 Å². The Hall–Kier alpha value is -0.650. The Morgan fingerprint density at radius 2 is 1.26 bits per heavy atom. The van der Waals surface area contributed by atoms with Crippen LogP contribution in [0.1, 0.15) is 124 Å². The van der Waals surface area contributed by atoms with Crippen molar-refractivity contribution in [1.82, 2.24) is 0 Å². The number of ether oxygens (including phenoxy) is 3. The first-order valence-electron chi connectivity index (χ1n) is 13.1. The highest BCUT2D eigenvalue weighted by Crippen LogP contribution is 2.13. The van der Waals surface area contributed by atoms with Gasteiger partial charge in [-0.2, -0.15) is 0 Å². The third-order valence-electron chi connectivity index (χ3n) is 5.51. The van der Waals surface area contributed by atoms with Gasteiger partial charge in [0.1, 0.15) is 0 Å². The van der Waals surface area contributed by atoms with Crippen molar-refractivity contribution in [3.05, 3.63) is 0 Å². The quantitative estimate of drug-likeness (QED) is 0.101. The predicted octanol–water partition coefficient (Wildman–Crippen LogP) is 6.80. The lowest BCUT2D eigenvalue weighted by Crippen LogP contribution is -2.19. The first kappa shape index (κ1) is 30.4. The molecule has 0 aromatic carbocycles. The van der Waals surface area contributed by atoms with Gasteiger partial charge in [-0.05, 0) is 32.1 Å². The maximum Gasteiger partial charge on any atom is 0.305 e. The van der Waals surface area contributed by atoms with Crippen LogP contribution >= 0.6 is 0 Å². The Balaban J connectivity index is 4.00. The smallest absolute Gasteiger partial charge is 0.305 e. The minimum atomic E-state index is -0.183. The van der Waals surface area contributed by atoms with Crippen LogP contribution in [0.2, 0.25) is 0 Å². The van der Waals surface area contributed by atoms with Gasteiger partial charge in [-0.25, -0.2) is 0 Å². The molecule has 0 rings (SSSR count). The molecule has 0 radical (unpaired) electrons. The summed E-state index contributed by atoms with van der Waals surface area (Å²) in [5.74, 6) is -0.183. The van der Waals surface area contributed by atoms with E-state index in [1.54, 1.807) is 0 Å². The van der Waals surface area contributed by atoms with Crippen molar-refractivity contribution in [3.63, 3.8) is 0 Å². The Bertz CT molecular complexity index is 357. The van der Waals surface area contributed by atoms with Gasteiger partial charge in [-0.15, -0.1) is 0 Å². The fourth-order valence-corrected chi connectivity index (χ4v) is 3.35. The summed E-state index contributed by atoms with van der Waals surface area (Å²) in [6, 6.07) is 0. The van der Waals surface area contributed by atoms with E-state index in [0.717, 1.165) is 45.3 Å². The van der Waals surface area contributed by atoms with Crippen LogP contribution in [0.25, 0.3) is 0 Å². The van der Waals surface area contributed by atoms with Gasteiger partial charge >= 0.3 is 5.97 Å². The van der Waals surface area contributed by atoms with Gasteiger partial charge in [-0.3, -0.25) is 4.79 Å². The lowest BCUT2D eigenvalue weighted by Gasteiger charge is -2.19. The minimum Gasteiger partial charge on any atom is -0.465 e. The summed E-state index contributed by atoms with van der Waals surface area (Å²) in [7, 11) is 0. The van der Waals surface area contributed by atoms with E-state index < -0.39 is 0 Å². The predicted molar refractivity (Wildman–Crippen MR) is 128 cm³/mol. The molecule has 1 N–H and O–H groups in total. The Morgan fingerprint density at radius 1 is 0.742 bits per heavy atom. The van der Waals surface area contributed by atoms with E-state index in [2.05, 4.69) is 13.8 Å². The number of aliphatic hydroxyl groups is 1. The van der Waals surface area contributed by atoms with Crippen molar-refractivity contribution in [3.8, 4) is 0 Å². The summed E-state index contributed by atoms with van der Waals surface area (Å²) in [6.45, 7) is 8.19. The molecule has 31 heavy (non-hydrogen) atoms. The molecule has 0 aliphatic heterocycles. The zero-order valence-corrected chi connectivity index (χ0v) is 20.9. The lowest BCUT2D eigenvalue weighted by molar-refractivity contribution is -0.150. The minimum absolute atomic E-state index is 0.000856. The van der Waals surface area contributed by atoms with Gasteiger partial charge in [0.05, 0.1) is 6.61 Å². The molecular weight excluding hydrogens is 392 g/mol. The van der Waals surface area contributed by atoms with Crippen LogP contribution in [-0.2, 0) is 19.0 Å². The van der Waals surface area contributed by atoms with Crippen molar-refractivity contribution < 1.29 is 24.1 Å².